The molecule has 1 fully saturated rings. The number of aryl methyl sites for hydroxylation is 1. The lowest BCUT2D eigenvalue weighted by Crippen LogP contribution is -3.29. The normalized spacial score (nSPS) is 20.0. The van der Waals surface area contributed by atoms with Crippen LogP contribution in [-0.2, 0) is 11.3 Å². The Morgan fingerprint density at radius 3 is 2.28 bits per heavy atom. The largest absolute Gasteiger partial charge is 0.493 e. The number of hydrogen-bond donors (Lipinski definition) is 3. The number of nitrogens with one attached hydrogen (secondary N) is 3. The Morgan fingerprint density at radius 2 is 1.66 bits per heavy atom. The lowest BCUT2D eigenvalue weighted by molar-refractivity contribution is -1.02. The van der Waals surface area contributed by atoms with Crippen LogP contribution in [0.1, 0.15) is 18.1 Å². The minimum Gasteiger partial charge on any atom is -0.493 e. The van der Waals surface area contributed by atoms with E-state index in [2.05, 4.69) is 17.4 Å². The summed E-state index contributed by atoms with van der Waals surface area (Å²) < 4.78 is 10.7. The van der Waals surface area contributed by atoms with E-state index in [0.717, 1.165) is 49.9 Å². The summed E-state index contributed by atoms with van der Waals surface area (Å²) in [6, 6.07) is 14.0. The Bertz CT molecular complexity index is 815. The van der Waals surface area contributed by atoms with Crippen LogP contribution in [0.2, 0.25) is 0 Å². The van der Waals surface area contributed by atoms with E-state index in [9.17, 15) is 4.79 Å². The maximum absolute atomic E-state index is 12.6. The average Bonchev–Trinajstić information content (AvgIpc) is 2.75. The minimum atomic E-state index is -0.0565. The molecule has 29 heavy (non-hydrogen) atoms. The van der Waals surface area contributed by atoms with Gasteiger partial charge in [-0.2, -0.15) is 0 Å². The van der Waals surface area contributed by atoms with E-state index in [1.807, 2.05) is 44.2 Å². The van der Waals surface area contributed by atoms with Crippen LogP contribution in [0.25, 0.3) is 0 Å². The van der Waals surface area contributed by atoms with E-state index in [1.54, 1.807) is 14.2 Å². The summed E-state index contributed by atoms with van der Waals surface area (Å²) in [7, 11) is 3.32. The summed E-state index contributed by atoms with van der Waals surface area (Å²) in [6.07, 6.45) is 0. The summed E-state index contributed by atoms with van der Waals surface area (Å²) in [6.45, 7) is 9.10. The highest BCUT2D eigenvalue weighted by atomic mass is 16.5. The van der Waals surface area contributed by atoms with E-state index >= 15 is 0 Å². The molecular formula is C23H33N3O3+2. The van der Waals surface area contributed by atoms with Gasteiger partial charge in [-0.3, -0.25) is 4.79 Å². The Kier molecular flexibility index (Phi) is 7.12. The molecule has 2 aromatic rings. The molecule has 0 bridgehead atoms. The van der Waals surface area contributed by atoms with E-state index < -0.39 is 0 Å². The number of quaternary nitrogens is 2. The molecule has 0 saturated carbocycles. The Balaban J connectivity index is 1.50. The topological polar surface area (TPSA) is 56.4 Å². The summed E-state index contributed by atoms with van der Waals surface area (Å²) in [5.74, 6) is 1.62. The summed E-state index contributed by atoms with van der Waals surface area (Å²) in [5.41, 5.74) is 3.30. The molecule has 1 saturated heterocycles. The molecule has 3 rings (SSSR count). The lowest BCUT2D eigenvalue weighted by Gasteiger charge is -2.32. The lowest BCUT2D eigenvalue weighted by atomic mass is 10.1. The van der Waals surface area contributed by atoms with Crippen LogP contribution < -0.4 is 24.6 Å². The maximum atomic E-state index is 12.6. The molecule has 1 heterocycles. The van der Waals surface area contributed by atoms with Gasteiger partial charge in [0.2, 0.25) is 0 Å². The summed E-state index contributed by atoms with van der Waals surface area (Å²) in [5, 5.41) is 3.05. The summed E-state index contributed by atoms with van der Waals surface area (Å²) >= 11 is 0. The van der Waals surface area contributed by atoms with E-state index in [4.69, 9.17) is 9.47 Å². The first-order chi connectivity index (χ1) is 14.0. The zero-order valence-corrected chi connectivity index (χ0v) is 17.9. The fraction of sp³-hybridized carbons (Fsp3) is 0.435. The van der Waals surface area contributed by atoms with Crippen molar-refractivity contribution in [2.45, 2.75) is 26.4 Å². The number of anilines is 1. The van der Waals surface area contributed by atoms with Gasteiger partial charge in [0.05, 0.1) is 14.2 Å². The van der Waals surface area contributed by atoms with Crippen LogP contribution in [0.4, 0.5) is 5.69 Å². The first kappa shape index (κ1) is 21.1. The van der Waals surface area contributed by atoms with Crippen molar-refractivity contribution in [3.8, 4) is 11.5 Å². The highest BCUT2D eigenvalue weighted by Gasteiger charge is 2.31. The average molecular weight is 400 g/mol. The van der Waals surface area contributed by atoms with Gasteiger partial charge in [0.25, 0.3) is 5.91 Å². The van der Waals surface area contributed by atoms with Crippen LogP contribution in [0.15, 0.2) is 42.5 Å². The monoisotopic (exact) mass is 399 g/mol. The van der Waals surface area contributed by atoms with E-state index in [1.165, 1.54) is 20.9 Å². The molecule has 1 atom stereocenters. The third kappa shape index (κ3) is 5.49. The molecule has 3 N–H and O–H groups in total. The number of rotatable bonds is 7. The number of carbonyl (C=O) groups is 1. The van der Waals surface area contributed by atoms with Gasteiger partial charge < -0.3 is 24.6 Å². The second-order valence-electron chi connectivity index (χ2n) is 7.85. The van der Waals surface area contributed by atoms with Gasteiger partial charge in [-0.05, 0) is 44.2 Å². The first-order valence-electron chi connectivity index (χ1n) is 10.3. The van der Waals surface area contributed by atoms with Gasteiger partial charge >= 0.3 is 0 Å². The van der Waals surface area contributed by atoms with Crippen LogP contribution >= 0.6 is 0 Å². The van der Waals surface area contributed by atoms with Gasteiger partial charge in [0.1, 0.15) is 32.7 Å². The number of piperazine rings is 1. The van der Waals surface area contributed by atoms with Crippen molar-refractivity contribution >= 4 is 11.6 Å². The minimum absolute atomic E-state index is 0.0565. The Hall–Kier alpha value is -2.57. The first-order valence-corrected chi connectivity index (χ1v) is 10.3. The van der Waals surface area contributed by atoms with Gasteiger partial charge in [0.15, 0.2) is 17.5 Å². The molecule has 0 aliphatic carbocycles. The third-order valence-corrected chi connectivity index (χ3v) is 5.83. The second kappa shape index (κ2) is 9.76. The van der Waals surface area contributed by atoms with Gasteiger partial charge in [-0.15, -0.1) is 0 Å². The molecule has 6 heteroatoms. The predicted octanol–water partition coefficient (Wildman–Crippen LogP) is 0.323. The van der Waals surface area contributed by atoms with E-state index in [0.29, 0.717) is 0 Å². The molecule has 1 amide bonds. The highest BCUT2D eigenvalue weighted by Crippen LogP contribution is 2.27. The van der Waals surface area contributed by atoms with Crippen molar-refractivity contribution in [2.75, 3.05) is 45.7 Å². The molecule has 1 aliphatic rings. The molecule has 0 unspecified atom stereocenters. The number of ether oxygens (including phenoxy) is 2. The maximum Gasteiger partial charge on any atom is 0.282 e. The quantitative estimate of drug-likeness (QED) is 0.629. The molecule has 0 radical (unpaired) electrons. The van der Waals surface area contributed by atoms with Crippen molar-refractivity contribution in [1.82, 2.24) is 0 Å². The third-order valence-electron chi connectivity index (χ3n) is 5.83. The number of methoxy groups -OCH3 is 2. The van der Waals surface area contributed by atoms with Crippen molar-refractivity contribution in [3.05, 3.63) is 53.6 Å². The number of amides is 1. The standard InChI is InChI=1S/C23H31N3O3/c1-17-5-8-20(9-6-17)24-23(27)18(2)26-13-11-25(12-14-26)16-19-7-10-21(28-3)22(15-19)29-4/h5-10,15,18H,11-14,16H2,1-4H3,(H,24,27)/p+2/t18-/m0/s1. The van der Waals surface area contributed by atoms with Crippen LogP contribution in [0, 0.1) is 6.92 Å². The predicted molar refractivity (Wildman–Crippen MR) is 114 cm³/mol. The summed E-state index contributed by atoms with van der Waals surface area (Å²) in [4.78, 5) is 15.5. The van der Waals surface area contributed by atoms with Crippen molar-refractivity contribution in [3.63, 3.8) is 0 Å². The van der Waals surface area contributed by atoms with Gasteiger partial charge in [-0.25, -0.2) is 0 Å². The SMILES string of the molecule is COc1ccc(C[NH+]2CC[NH+]([C@@H](C)C(=O)Nc3ccc(C)cc3)CC2)cc1OC. The fourth-order valence-electron chi connectivity index (χ4n) is 3.89. The smallest absolute Gasteiger partial charge is 0.282 e. The van der Waals surface area contributed by atoms with Crippen LogP contribution in [0.5, 0.6) is 11.5 Å². The van der Waals surface area contributed by atoms with Gasteiger partial charge in [-0.1, -0.05) is 17.7 Å². The molecule has 0 spiro atoms. The molecule has 1 aliphatic heterocycles. The van der Waals surface area contributed by atoms with Crippen LogP contribution in [0.3, 0.4) is 0 Å². The molecular weight excluding hydrogens is 366 g/mol. The molecule has 156 valence electrons. The zero-order chi connectivity index (χ0) is 20.8. The molecule has 2 aromatic carbocycles. The Labute approximate surface area is 173 Å². The Morgan fingerprint density at radius 1 is 1.00 bits per heavy atom. The fourth-order valence-corrected chi connectivity index (χ4v) is 3.89. The van der Waals surface area contributed by atoms with Crippen molar-refractivity contribution < 1.29 is 24.1 Å². The number of benzene rings is 2. The second-order valence-corrected chi connectivity index (χ2v) is 7.85. The number of carbonyl (C=O) groups excluding carboxylic acids is 1. The van der Waals surface area contributed by atoms with E-state index in [-0.39, 0.29) is 11.9 Å². The number of hydrogen-bond acceptors (Lipinski definition) is 3. The molecule has 6 nitrogen and oxygen atoms in total. The highest BCUT2D eigenvalue weighted by molar-refractivity contribution is 5.93. The van der Waals surface area contributed by atoms with Gasteiger partial charge in [0, 0.05) is 11.3 Å². The van der Waals surface area contributed by atoms with Crippen LogP contribution in [-0.4, -0.2) is 52.3 Å². The van der Waals surface area contributed by atoms with Crippen molar-refractivity contribution in [2.24, 2.45) is 0 Å². The zero-order valence-electron chi connectivity index (χ0n) is 17.9. The molecule has 0 aromatic heterocycles. The van der Waals surface area contributed by atoms with Crippen molar-refractivity contribution in [1.29, 1.82) is 0 Å².